The van der Waals surface area contributed by atoms with Crippen LogP contribution in [0.15, 0.2) is 39.9 Å². The number of fused-ring (bicyclic) bond motifs is 2. The first-order chi connectivity index (χ1) is 15.1. The van der Waals surface area contributed by atoms with Crippen molar-refractivity contribution in [2.45, 2.75) is 58.0 Å². The molecule has 0 bridgehead atoms. The van der Waals surface area contributed by atoms with E-state index >= 15 is 0 Å². The average Bonchev–Trinajstić information content (AvgIpc) is 3.34. The fourth-order valence-electron chi connectivity index (χ4n) is 4.75. The molecule has 1 aromatic carbocycles. The first-order valence-corrected chi connectivity index (χ1v) is 12.0. The van der Waals surface area contributed by atoms with E-state index in [2.05, 4.69) is 15.4 Å². The molecule has 3 heterocycles. The van der Waals surface area contributed by atoms with Gasteiger partial charge < -0.3 is 9.88 Å². The van der Waals surface area contributed by atoms with Gasteiger partial charge >= 0.3 is 0 Å². The predicted octanol–water partition coefficient (Wildman–Crippen LogP) is 2.68. The molecule has 1 fully saturated rings. The molecule has 0 saturated heterocycles. The molecule has 0 atom stereocenters. The lowest BCUT2D eigenvalue weighted by molar-refractivity contribution is -0.692. The van der Waals surface area contributed by atoms with Crippen LogP contribution < -0.4 is 16.4 Å². The lowest BCUT2D eigenvalue weighted by Crippen LogP contribution is -2.90. The minimum absolute atomic E-state index is 0.0691. The SMILES string of the molecule is Cc1c2c(=O)n(-c3nc4ccccc4s3)[nH]c2cc(=O)n1CCC[NH2+]C1CCCCC1. The van der Waals surface area contributed by atoms with Crippen molar-refractivity contribution in [2.75, 3.05) is 6.54 Å². The molecule has 0 unspecified atom stereocenters. The summed E-state index contributed by atoms with van der Waals surface area (Å²) in [5, 5.41) is 6.68. The van der Waals surface area contributed by atoms with Gasteiger partial charge in [0.2, 0.25) is 5.13 Å². The van der Waals surface area contributed by atoms with E-state index in [0.717, 1.165) is 34.9 Å². The number of thiazole rings is 1. The summed E-state index contributed by atoms with van der Waals surface area (Å²) in [5.74, 6) is 0. The summed E-state index contributed by atoms with van der Waals surface area (Å²) < 4.78 is 4.23. The summed E-state index contributed by atoms with van der Waals surface area (Å²) in [6, 6.07) is 10.1. The number of benzene rings is 1. The third-order valence-corrected chi connectivity index (χ3v) is 7.45. The number of H-pyrrole nitrogens is 1. The van der Waals surface area contributed by atoms with E-state index in [0.29, 0.717) is 22.6 Å². The van der Waals surface area contributed by atoms with Crippen LogP contribution >= 0.6 is 11.3 Å². The van der Waals surface area contributed by atoms with Crippen molar-refractivity contribution in [1.82, 2.24) is 19.3 Å². The van der Waals surface area contributed by atoms with Gasteiger partial charge in [-0.25, -0.2) is 4.98 Å². The fourth-order valence-corrected chi connectivity index (χ4v) is 5.68. The van der Waals surface area contributed by atoms with Crippen LogP contribution in [0.5, 0.6) is 0 Å². The summed E-state index contributed by atoms with van der Waals surface area (Å²) in [6.45, 7) is 3.51. The molecule has 7 nitrogen and oxygen atoms in total. The molecule has 1 saturated carbocycles. The van der Waals surface area contributed by atoms with Gasteiger partial charge in [0.05, 0.1) is 33.7 Å². The number of quaternary nitrogens is 1. The first kappa shape index (κ1) is 20.2. The van der Waals surface area contributed by atoms with Crippen molar-refractivity contribution in [3.8, 4) is 5.13 Å². The summed E-state index contributed by atoms with van der Waals surface area (Å²) >= 11 is 1.46. The molecule has 31 heavy (non-hydrogen) atoms. The highest BCUT2D eigenvalue weighted by Crippen LogP contribution is 2.24. The molecule has 3 aromatic heterocycles. The van der Waals surface area contributed by atoms with E-state index in [4.69, 9.17) is 0 Å². The molecule has 4 aromatic rings. The Morgan fingerprint density at radius 3 is 2.81 bits per heavy atom. The maximum absolute atomic E-state index is 13.2. The van der Waals surface area contributed by atoms with Gasteiger partial charge in [-0.1, -0.05) is 29.9 Å². The quantitative estimate of drug-likeness (QED) is 0.454. The number of aromatic nitrogens is 4. The van der Waals surface area contributed by atoms with Crippen LogP contribution in [0.25, 0.3) is 26.3 Å². The average molecular weight is 439 g/mol. The van der Waals surface area contributed by atoms with Crippen molar-refractivity contribution < 1.29 is 5.32 Å². The number of nitrogens with one attached hydrogen (secondary N) is 1. The summed E-state index contributed by atoms with van der Waals surface area (Å²) in [4.78, 5) is 30.5. The molecule has 0 amide bonds. The van der Waals surface area contributed by atoms with Gasteiger partial charge in [0.25, 0.3) is 11.1 Å². The molecule has 162 valence electrons. The minimum Gasteiger partial charge on any atom is -0.344 e. The number of nitrogens with two attached hydrogens (primary N) is 1. The molecule has 0 aliphatic heterocycles. The highest BCUT2D eigenvalue weighted by molar-refractivity contribution is 7.20. The van der Waals surface area contributed by atoms with Gasteiger partial charge in [-0.05, 0) is 44.7 Å². The lowest BCUT2D eigenvalue weighted by Gasteiger charge is -2.20. The van der Waals surface area contributed by atoms with Gasteiger partial charge in [-0.2, -0.15) is 4.68 Å². The Balaban J connectivity index is 1.41. The molecule has 0 radical (unpaired) electrons. The summed E-state index contributed by atoms with van der Waals surface area (Å²) in [5.41, 5.74) is 1.92. The van der Waals surface area contributed by atoms with Crippen LogP contribution in [0.3, 0.4) is 0 Å². The normalized spacial score (nSPS) is 15.3. The molecule has 5 rings (SSSR count). The van der Waals surface area contributed by atoms with Crippen molar-refractivity contribution in [1.29, 1.82) is 0 Å². The van der Waals surface area contributed by atoms with Gasteiger partial charge in [0, 0.05) is 24.7 Å². The zero-order chi connectivity index (χ0) is 21.4. The topological polar surface area (TPSA) is 89.3 Å². The number of nitrogens with zero attached hydrogens (tertiary/aromatic N) is 3. The largest absolute Gasteiger partial charge is 0.344 e. The zero-order valence-corrected chi connectivity index (χ0v) is 18.6. The number of aryl methyl sites for hydroxylation is 1. The van der Waals surface area contributed by atoms with Crippen LogP contribution in [0.2, 0.25) is 0 Å². The monoisotopic (exact) mass is 438 g/mol. The van der Waals surface area contributed by atoms with Crippen LogP contribution in [0.4, 0.5) is 0 Å². The third kappa shape index (κ3) is 3.85. The van der Waals surface area contributed by atoms with E-state index in [-0.39, 0.29) is 11.1 Å². The van der Waals surface area contributed by atoms with E-state index in [1.807, 2.05) is 31.2 Å². The van der Waals surface area contributed by atoms with Crippen LogP contribution in [-0.4, -0.2) is 31.9 Å². The van der Waals surface area contributed by atoms with Crippen molar-refractivity contribution in [3.63, 3.8) is 0 Å². The van der Waals surface area contributed by atoms with Gasteiger partial charge in [-0.15, -0.1) is 0 Å². The second kappa shape index (κ2) is 8.43. The van der Waals surface area contributed by atoms with Gasteiger partial charge in [0.1, 0.15) is 0 Å². The van der Waals surface area contributed by atoms with Crippen LogP contribution in [-0.2, 0) is 6.54 Å². The Labute approximate surface area is 183 Å². The Morgan fingerprint density at radius 1 is 1.19 bits per heavy atom. The fraction of sp³-hybridized carbons (Fsp3) is 0.435. The molecule has 1 aliphatic carbocycles. The van der Waals surface area contributed by atoms with E-state index in [9.17, 15) is 9.59 Å². The maximum Gasteiger partial charge on any atom is 0.282 e. The number of para-hydroxylation sites is 1. The number of hydrogen-bond donors (Lipinski definition) is 2. The number of pyridine rings is 1. The minimum atomic E-state index is -0.158. The first-order valence-electron chi connectivity index (χ1n) is 11.2. The molecule has 3 N–H and O–H groups in total. The maximum atomic E-state index is 13.2. The Hall–Kier alpha value is -2.71. The van der Waals surface area contributed by atoms with Gasteiger partial charge in [-0.3, -0.25) is 14.7 Å². The number of aromatic amines is 1. The Bertz CT molecular complexity index is 1310. The highest BCUT2D eigenvalue weighted by Gasteiger charge is 2.18. The second-order valence-corrected chi connectivity index (χ2v) is 9.51. The summed E-state index contributed by atoms with van der Waals surface area (Å²) in [6.07, 6.45) is 7.57. The standard InChI is InChI=1S/C23H27N5O2S/c1-15-21-18(14-20(29)27(15)13-7-12-24-16-8-3-2-4-9-16)26-28(22(21)30)23-25-17-10-5-6-11-19(17)31-23/h5-6,10-11,14,16,24,26H,2-4,7-9,12-13H2,1H3/p+1. The molecular weight excluding hydrogens is 410 g/mol. The zero-order valence-electron chi connectivity index (χ0n) is 17.8. The van der Waals surface area contributed by atoms with Gasteiger partial charge in [0.15, 0.2) is 0 Å². The van der Waals surface area contributed by atoms with E-state index < -0.39 is 0 Å². The highest BCUT2D eigenvalue weighted by atomic mass is 32.1. The number of rotatable bonds is 6. The van der Waals surface area contributed by atoms with Crippen LogP contribution in [0.1, 0.15) is 44.2 Å². The number of hydrogen-bond acceptors (Lipinski definition) is 4. The molecule has 0 spiro atoms. The lowest BCUT2D eigenvalue weighted by atomic mass is 9.95. The summed E-state index contributed by atoms with van der Waals surface area (Å²) in [7, 11) is 0. The molecule has 8 heteroatoms. The van der Waals surface area contributed by atoms with Crippen LogP contribution in [0, 0.1) is 6.92 Å². The Kier molecular flexibility index (Phi) is 5.50. The molecular formula is C23H28N5O2S+. The predicted molar refractivity (Wildman–Crippen MR) is 124 cm³/mol. The van der Waals surface area contributed by atoms with Crippen molar-refractivity contribution >= 4 is 32.5 Å². The van der Waals surface area contributed by atoms with Crippen molar-refractivity contribution in [3.05, 3.63) is 56.7 Å². The van der Waals surface area contributed by atoms with Crippen molar-refractivity contribution in [2.24, 2.45) is 0 Å². The third-order valence-electron chi connectivity index (χ3n) is 6.43. The Morgan fingerprint density at radius 2 is 2.00 bits per heavy atom. The molecule has 1 aliphatic rings. The second-order valence-electron chi connectivity index (χ2n) is 8.50. The smallest absolute Gasteiger partial charge is 0.282 e. The van der Waals surface area contributed by atoms with E-state index in [1.165, 1.54) is 48.1 Å². The van der Waals surface area contributed by atoms with E-state index in [1.54, 1.807) is 10.6 Å².